The number of hydrogen-bond donors (Lipinski definition) is 4. The molecule has 2 aliphatic rings. The predicted molar refractivity (Wildman–Crippen MR) is 139 cm³/mol. The maximum atomic E-state index is 13.2. The quantitative estimate of drug-likeness (QED) is 0.371. The summed E-state index contributed by atoms with van der Waals surface area (Å²) >= 11 is 11.9. The minimum Gasteiger partial charge on any atom is -0.482 e. The number of rotatable bonds is 8. The van der Waals surface area contributed by atoms with Gasteiger partial charge in [0.1, 0.15) is 17.8 Å². The first-order chi connectivity index (χ1) is 17.8. The number of hydrogen-bond acceptors (Lipinski definition) is 6. The van der Waals surface area contributed by atoms with Crippen molar-refractivity contribution < 1.29 is 23.9 Å². The van der Waals surface area contributed by atoms with Gasteiger partial charge in [0.25, 0.3) is 11.8 Å². The Morgan fingerprint density at radius 2 is 1.65 bits per heavy atom. The van der Waals surface area contributed by atoms with Gasteiger partial charge < -0.3 is 26.0 Å². The van der Waals surface area contributed by atoms with E-state index in [1.54, 1.807) is 42.5 Å². The maximum Gasteiger partial charge on any atom is 0.265 e. The Balaban J connectivity index is 1.35. The minimum absolute atomic E-state index is 0.178. The van der Waals surface area contributed by atoms with Gasteiger partial charge in [0.2, 0.25) is 11.8 Å². The van der Waals surface area contributed by atoms with Gasteiger partial charge in [-0.25, -0.2) is 0 Å². The minimum atomic E-state index is -1.14. The Morgan fingerprint density at radius 3 is 2.38 bits per heavy atom. The van der Waals surface area contributed by atoms with Crippen LogP contribution in [0.2, 0.25) is 10.0 Å². The number of carbonyl (C=O) groups excluding carboxylic acids is 4. The van der Waals surface area contributed by atoms with Gasteiger partial charge in [-0.3, -0.25) is 24.1 Å². The molecule has 2 aromatic carbocycles. The molecule has 10 nitrogen and oxygen atoms in total. The molecule has 37 heavy (non-hydrogen) atoms. The SMILES string of the molecule is O=C(CN1C(=O)COc2ccc(Cl)cc21)NC1(C(=O)NCCNC(=O)c2ccc(Cl)cc2)CCNCC1. The Labute approximate surface area is 224 Å². The Morgan fingerprint density at radius 1 is 0.973 bits per heavy atom. The molecule has 1 saturated heterocycles. The van der Waals surface area contributed by atoms with Crippen LogP contribution in [0.25, 0.3) is 0 Å². The first-order valence-electron chi connectivity index (χ1n) is 11.8. The van der Waals surface area contributed by atoms with Gasteiger partial charge in [-0.15, -0.1) is 0 Å². The highest BCUT2D eigenvalue weighted by Gasteiger charge is 2.41. The highest BCUT2D eigenvalue weighted by atomic mass is 35.5. The summed E-state index contributed by atoms with van der Waals surface area (Å²) in [6, 6.07) is 11.3. The molecule has 12 heteroatoms. The van der Waals surface area contributed by atoms with Crippen molar-refractivity contribution in [2.45, 2.75) is 18.4 Å². The molecule has 0 spiro atoms. The molecule has 0 bridgehead atoms. The summed E-state index contributed by atoms with van der Waals surface area (Å²) in [5.41, 5.74) is -0.285. The molecule has 4 N–H and O–H groups in total. The Kier molecular flexibility index (Phi) is 8.52. The number of benzene rings is 2. The second-order valence-electron chi connectivity index (χ2n) is 8.78. The first-order valence-corrected chi connectivity index (χ1v) is 12.6. The van der Waals surface area contributed by atoms with Crippen LogP contribution >= 0.6 is 23.2 Å². The highest BCUT2D eigenvalue weighted by molar-refractivity contribution is 6.31. The van der Waals surface area contributed by atoms with Crippen LogP contribution in [0.15, 0.2) is 42.5 Å². The average molecular weight is 548 g/mol. The van der Waals surface area contributed by atoms with Crippen LogP contribution in [0.1, 0.15) is 23.2 Å². The van der Waals surface area contributed by atoms with Gasteiger partial charge >= 0.3 is 0 Å². The molecule has 4 rings (SSSR count). The van der Waals surface area contributed by atoms with E-state index in [9.17, 15) is 19.2 Å². The molecule has 2 aliphatic heterocycles. The fourth-order valence-electron chi connectivity index (χ4n) is 4.29. The highest BCUT2D eigenvalue weighted by Crippen LogP contribution is 2.34. The van der Waals surface area contributed by atoms with E-state index in [0.29, 0.717) is 53.0 Å². The van der Waals surface area contributed by atoms with Gasteiger partial charge in [-0.1, -0.05) is 23.2 Å². The molecule has 2 heterocycles. The van der Waals surface area contributed by atoms with E-state index in [-0.39, 0.29) is 44.0 Å². The summed E-state index contributed by atoms with van der Waals surface area (Å²) in [5.74, 6) is -1.04. The number of nitrogens with one attached hydrogen (secondary N) is 4. The molecule has 1 fully saturated rings. The molecular weight excluding hydrogens is 521 g/mol. The second kappa shape index (κ2) is 11.8. The van der Waals surface area contributed by atoms with Gasteiger partial charge in [0, 0.05) is 28.7 Å². The number of carbonyl (C=O) groups is 4. The van der Waals surface area contributed by atoms with Gasteiger partial charge in [0.15, 0.2) is 6.61 Å². The molecule has 196 valence electrons. The molecule has 0 aliphatic carbocycles. The Bertz CT molecular complexity index is 1180. The summed E-state index contributed by atoms with van der Waals surface area (Å²) in [6.07, 6.45) is 0.752. The van der Waals surface area contributed by atoms with Gasteiger partial charge in [0.05, 0.1) is 5.69 Å². The molecule has 2 aromatic rings. The third-order valence-electron chi connectivity index (χ3n) is 6.24. The maximum absolute atomic E-state index is 13.2. The molecule has 0 aromatic heterocycles. The summed E-state index contributed by atoms with van der Waals surface area (Å²) in [4.78, 5) is 52.4. The molecule has 0 radical (unpaired) electrons. The van der Waals surface area contributed by atoms with Crippen molar-refractivity contribution in [3.63, 3.8) is 0 Å². The van der Waals surface area contributed by atoms with Crippen molar-refractivity contribution in [2.24, 2.45) is 0 Å². The van der Waals surface area contributed by atoms with Crippen LogP contribution in [0.3, 0.4) is 0 Å². The lowest BCUT2D eigenvalue weighted by Gasteiger charge is -2.38. The number of anilines is 1. The van der Waals surface area contributed by atoms with Crippen molar-refractivity contribution in [1.82, 2.24) is 21.3 Å². The van der Waals surface area contributed by atoms with Crippen molar-refractivity contribution >= 4 is 52.5 Å². The monoisotopic (exact) mass is 547 g/mol. The van der Waals surface area contributed by atoms with E-state index in [4.69, 9.17) is 27.9 Å². The average Bonchev–Trinajstić information content (AvgIpc) is 2.89. The van der Waals surface area contributed by atoms with E-state index in [2.05, 4.69) is 21.3 Å². The number of piperidine rings is 1. The van der Waals surface area contributed by atoms with Crippen LogP contribution in [-0.2, 0) is 14.4 Å². The zero-order valence-corrected chi connectivity index (χ0v) is 21.5. The summed E-state index contributed by atoms with van der Waals surface area (Å²) in [7, 11) is 0. The van der Waals surface area contributed by atoms with E-state index < -0.39 is 11.4 Å². The summed E-state index contributed by atoms with van der Waals surface area (Å²) in [6.45, 7) is 0.979. The van der Waals surface area contributed by atoms with Crippen LogP contribution < -0.4 is 30.9 Å². The molecular formula is C25H27Cl2N5O5. The largest absolute Gasteiger partial charge is 0.482 e. The van der Waals surface area contributed by atoms with Crippen LogP contribution in [0.5, 0.6) is 5.75 Å². The number of ether oxygens (including phenoxy) is 1. The van der Waals surface area contributed by atoms with E-state index in [1.165, 1.54) is 4.90 Å². The summed E-state index contributed by atoms with van der Waals surface area (Å²) < 4.78 is 5.43. The van der Waals surface area contributed by atoms with Crippen molar-refractivity contribution in [3.8, 4) is 5.75 Å². The van der Waals surface area contributed by atoms with Crippen molar-refractivity contribution in [2.75, 3.05) is 44.2 Å². The topological polar surface area (TPSA) is 129 Å². The normalized spacial score (nSPS) is 16.3. The smallest absolute Gasteiger partial charge is 0.265 e. The third-order valence-corrected chi connectivity index (χ3v) is 6.73. The number of nitrogens with zero attached hydrogens (tertiary/aromatic N) is 1. The van der Waals surface area contributed by atoms with Gasteiger partial charge in [-0.2, -0.15) is 0 Å². The predicted octanol–water partition coefficient (Wildman–Crippen LogP) is 1.50. The molecule has 0 atom stereocenters. The third kappa shape index (κ3) is 6.51. The van der Waals surface area contributed by atoms with E-state index in [0.717, 1.165) is 0 Å². The van der Waals surface area contributed by atoms with Gasteiger partial charge in [-0.05, 0) is 68.4 Å². The fraction of sp³-hybridized carbons (Fsp3) is 0.360. The first kappa shape index (κ1) is 26.7. The van der Waals surface area contributed by atoms with E-state index in [1.807, 2.05) is 0 Å². The zero-order valence-electron chi connectivity index (χ0n) is 19.9. The fourth-order valence-corrected chi connectivity index (χ4v) is 4.58. The van der Waals surface area contributed by atoms with Crippen molar-refractivity contribution in [1.29, 1.82) is 0 Å². The lowest BCUT2D eigenvalue weighted by atomic mass is 9.87. The molecule has 4 amide bonds. The standard InChI is InChI=1S/C25H27Cl2N5O5/c26-17-3-1-16(2-4-17)23(35)29-11-12-30-24(36)25(7-9-28-10-8-25)31-21(33)14-32-19-13-18(27)5-6-20(19)37-15-22(32)34/h1-6,13,28H,7-12,14-15H2,(H,29,35)(H,30,36)(H,31,33). The second-order valence-corrected chi connectivity index (χ2v) is 9.65. The van der Waals surface area contributed by atoms with E-state index >= 15 is 0 Å². The zero-order chi connectivity index (χ0) is 26.4. The number of amides is 4. The number of halogens is 2. The Hall–Kier alpha value is -3.34. The van der Waals surface area contributed by atoms with Crippen molar-refractivity contribution in [3.05, 3.63) is 58.1 Å². The summed E-state index contributed by atoms with van der Waals surface area (Å²) in [5, 5.41) is 12.5. The number of fused-ring (bicyclic) bond motifs is 1. The lowest BCUT2D eigenvalue weighted by Crippen LogP contribution is -2.64. The molecule has 0 saturated carbocycles. The van der Waals surface area contributed by atoms with Crippen LogP contribution in [-0.4, -0.2) is 68.5 Å². The lowest BCUT2D eigenvalue weighted by molar-refractivity contribution is -0.134. The van der Waals surface area contributed by atoms with Crippen LogP contribution in [0.4, 0.5) is 5.69 Å². The molecule has 0 unspecified atom stereocenters. The van der Waals surface area contributed by atoms with Crippen LogP contribution in [0, 0.1) is 0 Å².